The first-order chi connectivity index (χ1) is 12.5. The maximum absolute atomic E-state index is 12.0. The summed E-state index contributed by atoms with van der Waals surface area (Å²) in [7, 11) is 0. The molecule has 0 spiro atoms. The van der Waals surface area contributed by atoms with E-state index in [4.69, 9.17) is 10.9 Å². The van der Waals surface area contributed by atoms with E-state index in [-0.39, 0.29) is 23.9 Å². The summed E-state index contributed by atoms with van der Waals surface area (Å²) in [5.74, 6) is 1.78. The summed E-state index contributed by atoms with van der Waals surface area (Å²) < 4.78 is 17.2. The molecule has 0 radical (unpaired) electrons. The second-order valence-electron chi connectivity index (χ2n) is 6.39. The number of Topliss-reactive ketones (excluding diaryl/α,β-unsaturated/α-hetero) is 1. The molecule has 1 unspecified atom stereocenters. The largest absolute Gasteiger partial charge is 0.332 e. The molecule has 0 aromatic heterocycles. The SMILES string of the molecule is C#CP(=O)(OCC)SCCCC(=O)CCCC[C@@H]1SC[C@@H]2NC(=O)N[C@@H]21. The fourth-order valence-corrected chi connectivity index (χ4v) is 7.66. The monoisotopic (exact) mass is 418 g/mol. The van der Waals surface area contributed by atoms with Crippen LogP contribution in [0.1, 0.15) is 45.4 Å². The van der Waals surface area contributed by atoms with Gasteiger partial charge in [0.2, 0.25) is 0 Å². The Morgan fingerprint density at radius 3 is 2.88 bits per heavy atom. The molecule has 2 rings (SSSR count). The lowest BCUT2D eigenvalue weighted by Gasteiger charge is -2.16. The van der Waals surface area contributed by atoms with Gasteiger partial charge in [0.05, 0.1) is 18.7 Å². The van der Waals surface area contributed by atoms with E-state index in [9.17, 15) is 14.2 Å². The maximum atomic E-state index is 12.0. The quantitative estimate of drug-likeness (QED) is 0.218. The molecule has 0 aliphatic carbocycles. The average molecular weight is 419 g/mol. The molecule has 2 aliphatic rings. The molecule has 0 saturated carbocycles. The van der Waals surface area contributed by atoms with Crippen LogP contribution < -0.4 is 10.6 Å². The molecule has 2 heterocycles. The molecule has 2 amide bonds. The second kappa shape index (κ2) is 10.7. The lowest BCUT2D eigenvalue weighted by atomic mass is 10.0. The van der Waals surface area contributed by atoms with E-state index < -0.39 is 6.57 Å². The summed E-state index contributed by atoms with van der Waals surface area (Å²) in [5.41, 5.74) is 2.23. The molecular formula is C17H27N2O4PS2. The lowest BCUT2D eigenvalue weighted by molar-refractivity contribution is -0.119. The number of nitrogens with one attached hydrogen (secondary N) is 2. The molecule has 4 atom stereocenters. The highest BCUT2D eigenvalue weighted by Gasteiger charge is 2.42. The number of rotatable bonds is 12. The van der Waals surface area contributed by atoms with Crippen LogP contribution >= 0.6 is 29.7 Å². The standard InChI is InChI=1S/C17H27N2O4PS2/c1-3-23-24(22,4-2)26-11-7-9-13(20)8-5-6-10-15-16-14(12-25-15)18-17(21)19-16/h2,14-16H,3,5-12H2,1H3,(H2,18,19,21)/t14-,15-,16-,24?/m0/s1. The minimum atomic E-state index is -3.02. The van der Waals surface area contributed by atoms with E-state index in [1.807, 2.05) is 11.8 Å². The Balaban J connectivity index is 1.52. The lowest BCUT2D eigenvalue weighted by Crippen LogP contribution is -2.36. The molecule has 6 nitrogen and oxygen atoms in total. The highest BCUT2D eigenvalue weighted by Crippen LogP contribution is 2.58. The Bertz CT molecular complexity index is 596. The van der Waals surface area contributed by atoms with Crippen molar-refractivity contribution < 1.29 is 18.7 Å². The van der Waals surface area contributed by atoms with Gasteiger partial charge in [-0.25, -0.2) is 4.79 Å². The molecule has 2 fully saturated rings. The highest BCUT2D eigenvalue weighted by molar-refractivity contribution is 8.58. The van der Waals surface area contributed by atoms with Crippen LogP contribution in [0.15, 0.2) is 0 Å². The van der Waals surface area contributed by atoms with Crippen molar-refractivity contribution in [1.29, 1.82) is 0 Å². The summed E-state index contributed by atoms with van der Waals surface area (Å²) in [6.45, 7) is -0.929. The van der Waals surface area contributed by atoms with Crippen LogP contribution in [0.25, 0.3) is 0 Å². The van der Waals surface area contributed by atoms with Gasteiger partial charge in [-0.15, -0.1) is 6.42 Å². The number of thioether (sulfide) groups is 1. The van der Waals surface area contributed by atoms with Crippen LogP contribution in [0, 0.1) is 12.1 Å². The first-order valence-corrected chi connectivity index (χ1v) is 13.3. The second-order valence-corrected chi connectivity index (χ2v) is 12.1. The van der Waals surface area contributed by atoms with Crippen molar-refractivity contribution in [3.8, 4) is 12.1 Å². The van der Waals surface area contributed by atoms with Gasteiger partial charge in [-0.1, -0.05) is 17.8 Å². The molecule has 0 bridgehead atoms. The number of terminal acetylenes is 1. The van der Waals surface area contributed by atoms with Crippen LogP contribution in [0.3, 0.4) is 0 Å². The zero-order chi connectivity index (χ0) is 19.0. The molecular weight excluding hydrogens is 391 g/mol. The van der Waals surface area contributed by atoms with Crippen molar-refractivity contribution in [3.05, 3.63) is 0 Å². The summed E-state index contributed by atoms with van der Waals surface area (Å²) in [6, 6.07) is 0.432. The van der Waals surface area contributed by atoms with Gasteiger partial charge in [0.15, 0.2) is 0 Å². The topological polar surface area (TPSA) is 84.5 Å². The van der Waals surface area contributed by atoms with Gasteiger partial charge in [-0.2, -0.15) is 11.8 Å². The summed E-state index contributed by atoms with van der Waals surface area (Å²) >= 11 is 3.05. The van der Waals surface area contributed by atoms with Crippen molar-refractivity contribution in [1.82, 2.24) is 10.6 Å². The Morgan fingerprint density at radius 1 is 1.38 bits per heavy atom. The van der Waals surface area contributed by atoms with E-state index in [1.165, 1.54) is 0 Å². The number of fused-ring (bicyclic) bond motifs is 1. The van der Waals surface area contributed by atoms with Crippen molar-refractivity contribution in [2.45, 2.75) is 62.8 Å². The van der Waals surface area contributed by atoms with Crippen LogP contribution in [0.4, 0.5) is 4.79 Å². The Kier molecular flexibility index (Phi) is 8.89. The maximum Gasteiger partial charge on any atom is 0.329 e. The van der Waals surface area contributed by atoms with Gasteiger partial charge in [0, 0.05) is 29.6 Å². The van der Waals surface area contributed by atoms with Crippen molar-refractivity contribution >= 4 is 41.5 Å². The number of ketones is 1. The number of carbonyl (C=O) groups is 2. The number of urea groups is 1. The third kappa shape index (κ3) is 6.53. The van der Waals surface area contributed by atoms with E-state index in [1.54, 1.807) is 6.92 Å². The van der Waals surface area contributed by atoms with E-state index in [0.29, 0.717) is 36.9 Å². The van der Waals surface area contributed by atoms with Gasteiger partial charge in [0.1, 0.15) is 5.78 Å². The number of amides is 2. The van der Waals surface area contributed by atoms with Gasteiger partial charge in [-0.05, 0) is 31.8 Å². The summed E-state index contributed by atoms with van der Waals surface area (Å²) in [6.07, 6.45) is 9.89. The van der Waals surface area contributed by atoms with Crippen molar-refractivity contribution in [2.24, 2.45) is 0 Å². The van der Waals surface area contributed by atoms with Gasteiger partial charge >= 0.3 is 12.6 Å². The normalized spacial score (nSPS) is 26.5. The average Bonchev–Trinajstić information content (AvgIpc) is 3.15. The molecule has 26 heavy (non-hydrogen) atoms. The molecule has 2 aliphatic heterocycles. The smallest absolute Gasteiger partial charge is 0.329 e. The van der Waals surface area contributed by atoms with E-state index >= 15 is 0 Å². The summed E-state index contributed by atoms with van der Waals surface area (Å²) in [4.78, 5) is 23.3. The molecule has 0 aromatic carbocycles. The van der Waals surface area contributed by atoms with Gasteiger partial charge < -0.3 is 15.2 Å². The Hall–Kier alpha value is -0.610. The predicted octanol–water partition coefficient (Wildman–Crippen LogP) is 3.62. The van der Waals surface area contributed by atoms with Crippen molar-refractivity contribution in [2.75, 3.05) is 18.1 Å². The fourth-order valence-electron chi connectivity index (χ4n) is 3.17. The number of hydrogen-bond acceptors (Lipinski definition) is 6. The minimum absolute atomic E-state index is 0.0583. The van der Waals surface area contributed by atoms with Crippen molar-refractivity contribution in [3.63, 3.8) is 0 Å². The molecule has 2 saturated heterocycles. The molecule has 146 valence electrons. The molecule has 0 aromatic rings. The minimum Gasteiger partial charge on any atom is -0.332 e. The van der Waals surface area contributed by atoms with E-state index in [0.717, 1.165) is 36.4 Å². The number of hydrogen-bond donors (Lipinski definition) is 2. The highest BCUT2D eigenvalue weighted by atomic mass is 32.7. The predicted molar refractivity (Wildman–Crippen MR) is 109 cm³/mol. The fraction of sp³-hybridized carbons (Fsp3) is 0.765. The van der Waals surface area contributed by atoms with Crippen LogP contribution in [0.5, 0.6) is 0 Å². The van der Waals surface area contributed by atoms with Crippen LogP contribution in [0.2, 0.25) is 0 Å². The third-order valence-electron chi connectivity index (χ3n) is 4.45. The first kappa shape index (κ1) is 21.7. The summed E-state index contributed by atoms with van der Waals surface area (Å²) in [5, 5.41) is 6.37. The first-order valence-electron chi connectivity index (χ1n) is 9.04. The van der Waals surface area contributed by atoms with Crippen LogP contribution in [-0.2, 0) is 13.9 Å². The Labute approximate surface area is 163 Å². The number of unbranched alkanes of at least 4 members (excludes halogenated alkanes) is 1. The molecule has 2 N–H and O–H groups in total. The van der Waals surface area contributed by atoms with E-state index in [2.05, 4.69) is 16.3 Å². The van der Waals surface area contributed by atoms with Crippen LogP contribution in [-0.4, -0.2) is 47.3 Å². The number of carbonyl (C=O) groups excluding carboxylic acids is 2. The third-order valence-corrected chi connectivity index (χ3v) is 9.88. The zero-order valence-electron chi connectivity index (χ0n) is 15.1. The van der Waals surface area contributed by atoms with Gasteiger partial charge in [0.25, 0.3) is 0 Å². The Morgan fingerprint density at radius 2 is 2.15 bits per heavy atom. The van der Waals surface area contributed by atoms with Gasteiger partial charge in [-0.3, -0.25) is 9.36 Å². The molecule has 9 heteroatoms. The zero-order valence-corrected chi connectivity index (χ0v) is 17.6.